The Morgan fingerprint density at radius 3 is 2.38 bits per heavy atom. The van der Waals surface area contributed by atoms with Gasteiger partial charge >= 0.3 is 10.1 Å². The smallest absolute Gasteiger partial charge is 0.339 e. The van der Waals surface area contributed by atoms with Gasteiger partial charge in [0.25, 0.3) is 5.91 Å². The van der Waals surface area contributed by atoms with Crippen molar-refractivity contribution in [3.63, 3.8) is 0 Å². The molecule has 0 spiro atoms. The van der Waals surface area contributed by atoms with Crippen LogP contribution in [0.4, 0.5) is 5.69 Å². The third kappa shape index (κ3) is 5.76. The Bertz CT molecular complexity index is 1390. The van der Waals surface area contributed by atoms with E-state index in [9.17, 15) is 18.5 Å². The number of anilines is 1. The zero-order valence-electron chi connectivity index (χ0n) is 18.6. The molecule has 3 aromatic carbocycles. The van der Waals surface area contributed by atoms with Crippen molar-refractivity contribution in [2.75, 3.05) is 12.4 Å². The van der Waals surface area contributed by atoms with Gasteiger partial charge in [-0.1, -0.05) is 47.5 Å². The summed E-state index contributed by atoms with van der Waals surface area (Å²) in [6.45, 7) is 3.63. The topological polar surface area (TPSA) is 105 Å². The van der Waals surface area contributed by atoms with Crippen molar-refractivity contribution in [2.45, 2.75) is 18.7 Å². The summed E-state index contributed by atoms with van der Waals surface area (Å²) in [6.07, 6.45) is 1.35. The second-order valence-corrected chi connectivity index (χ2v) is 9.27. The first-order valence-corrected chi connectivity index (χ1v) is 11.8. The van der Waals surface area contributed by atoms with Gasteiger partial charge in [-0.15, -0.1) is 0 Å². The maximum Gasteiger partial charge on any atom is 0.339 e. The van der Waals surface area contributed by atoms with Crippen LogP contribution in [0.5, 0.6) is 11.5 Å². The number of benzene rings is 3. The van der Waals surface area contributed by atoms with Crippen LogP contribution < -0.4 is 14.2 Å². The Kier molecular flexibility index (Phi) is 7.61. The molecule has 0 radical (unpaired) electrons. The summed E-state index contributed by atoms with van der Waals surface area (Å²) in [7, 11) is -2.73. The number of hydrogen-bond acceptors (Lipinski definition) is 6. The number of carbonyl (C=O) groups excluding carboxylic acids is 1. The molecule has 9 heteroatoms. The van der Waals surface area contributed by atoms with Crippen molar-refractivity contribution in [2.24, 2.45) is 0 Å². The number of nitrogens with one attached hydrogen (secondary N) is 1. The first-order valence-electron chi connectivity index (χ1n) is 10.0. The van der Waals surface area contributed by atoms with Gasteiger partial charge in [-0.25, -0.2) is 0 Å². The fourth-order valence-electron chi connectivity index (χ4n) is 3.00. The Labute approximate surface area is 203 Å². The van der Waals surface area contributed by atoms with Gasteiger partial charge in [0.2, 0.25) is 0 Å². The molecule has 0 aliphatic heterocycles. The maximum absolute atomic E-state index is 12.6. The second kappa shape index (κ2) is 10.4. The molecule has 0 fully saturated rings. The van der Waals surface area contributed by atoms with E-state index in [1.54, 1.807) is 37.3 Å². The summed E-state index contributed by atoms with van der Waals surface area (Å²) in [5, 5.41) is 12.5. The van der Waals surface area contributed by atoms with Gasteiger partial charge in [0.1, 0.15) is 16.5 Å². The normalized spacial score (nSPS) is 11.4. The van der Waals surface area contributed by atoms with E-state index in [0.717, 1.165) is 11.1 Å². The number of methoxy groups -OCH3 is 1. The van der Waals surface area contributed by atoms with Crippen LogP contribution in [0.3, 0.4) is 0 Å². The molecule has 3 rings (SSSR count). The molecular formula is C25H21ClN2O5S. The van der Waals surface area contributed by atoms with Crippen LogP contribution in [0.1, 0.15) is 16.7 Å². The van der Waals surface area contributed by atoms with Gasteiger partial charge in [0, 0.05) is 0 Å². The molecule has 1 N–H and O–H groups in total. The van der Waals surface area contributed by atoms with Gasteiger partial charge in [-0.3, -0.25) is 4.79 Å². The molecule has 174 valence electrons. The average Bonchev–Trinajstić information content (AvgIpc) is 2.80. The fraction of sp³-hybridized carbons (Fsp3) is 0.120. The lowest BCUT2D eigenvalue weighted by molar-refractivity contribution is -0.112. The predicted octanol–water partition coefficient (Wildman–Crippen LogP) is 5.28. The molecule has 7 nitrogen and oxygen atoms in total. The number of aryl methyl sites for hydroxylation is 2. The molecule has 0 aromatic heterocycles. The summed E-state index contributed by atoms with van der Waals surface area (Å²) in [5.41, 5.74) is 2.32. The summed E-state index contributed by atoms with van der Waals surface area (Å²) in [6, 6.07) is 17.6. The minimum absolute atomic E-state index is 0.00225. The largest absolute Gasteiger partial charge is 0.493 e. The van der Waals surface area contributed by atoms with Crippen LogP contribution in [0.15, 0.2) is 71.1 Å². The number of nitriles is 1. The van der Waals surface area contributed by atoms with E-state index < -0.39 is 16.0 Å². The van der Waals surface area contributed by atoms with Crippen molar-refractivity contribution in [3.05, 3.63) is 87.9 Å². The van der Waals surface area contributed by atoms with E-state index in [4.69, 9.17) is 20.5 Å². The Morgan fingerprint density at radius 2 is 1.76 bits per heavy atom. The van der Waals surface area contributed by atoms with Crippen molar-refractivity contribution in [3.8, 4) is 17.6 Å². The van der Waals surface area contributed by atoms with Gasteiger partial charge < -0.3 is 14.2 Å². The van der Waals surface area contributed by atoms with Crippen LogP contribution in [0.25, 0.3) is 6.08 Å². The van der Waals surface area contributed by atoms with Crippen LogP contribution >= 0.6 is 11.6 Å². The highest BCUT2D eigenvalue weighted by molar-refractivity contribution is 7.87. The summed E-state index contributed by atoms with van der Waals surface area (Å²) < 4.78 is 35.7. The van der Waals surface area contributed by atoms with Gasteiger partial charge in [-0.2, -0.15) is 13.7 Å². The van der Waals surface area contributed by atoms with Crippen molar-refractivity contribution < 1.29 is 22.1 Å². The highest BCUT2D eigenvalue weighted by Crippen LogP contribution is 2.32. The van der Waals surface area contributed by atoms with E-state index in [1.165, 1.54) is 43.5 Å². The lowest BCUT2D eigenvalue weighted by atomic mass is 10.1. The lowest BCUT2D eigenvalue weighted by Gasteiger charge is -2.12. The minimum Gasteiger partial charge on any atom is -0.493 e. The number of hydrogen-bond donors (Lipinski definition) is 1. The van der Waals surface area contributed by atoms with Crippen LogP contribution in [0, 0.1) is 25.2 Å². The van der Waals surface area contributed by atoms with Gasteiger partial charge in [0.15, 0.2) is 11.5 Å². The van der Waals surface area contributed by atoms with Crippen LogP contribution in [0.2, 0.25) is 5.02 Å². The Morgan fingerprint density at radius 1 is 1.06 bits per heavy atom. The maximum atomic E-state index is 12.6. The predicted molar refractivity (Wildman–Crippen MR) is 130 cm³/mol. The molecule has 34 heavy (non-hydrogen) atoms. The number of rotatable bonds is 7. The zero-order chi connectivity index (χ0) is 24.9. The molecule has 0 saturated heterocycles. The minimum atomic E-state index is -4.08. The third-order valence-electron chi connectivity index (χ3n) is 4.83. The van der Waals surface area contributed by atoms with Crippen LogP contribution in [-0.2, 0) is 14.9 Å². The third-order valence-corrected chi connectivity index (χ3v) is 6.40. The van der Waals surface area contributed by atoms with Crippen molar-refractivity contribution >= 4 is 39.4 Å². The monoisotopic (exact) mass is 496 g/mol. The standard InChI is InChI=1S/C25H21ClN2O5S/c1-16-7-10-20(11-8-16)34(30,31)33-22-12-9-18(14-23(22)32-3)13-19(15-27)25(29)28-24-17(2)5-4-6-21(24)26/h4-14H,1-3H3,(H,28,29)/b19-13+. The van der Waals surface area contributed by atoms with E-state index in [-0.39, 0.29) is 22.0 Å². The number of carbonyl (C=O) groups is 1. The average molecular weight is 497 g/mol. The molecule has 0 aliphatic rings. The van der Waals surface area contributed by atoms with E-state index in [0.29, 0.717) is 16.3 Å². The number of amides is 1. The van der Waals surface area contributed by atoms with Crippen molar-refractivity contribution in [1.29, 1.82) is 5.26 Å². The number of ether oxygens (including phenoxy) is 1. The van der Waals surface area contributed by atoms with E-state index >= 15 is 0 Å². The molecule has 1 amide bonds. The summed E-state index contributed by atoms with van der Waals surface area (Å²) >= 11 is 6.15. The van der Waals surface area contributed by atoms with Crippen LogP contribution in [-0.4, -0.2) is 21.4 Å². The number of para-hydroxylation sites is 1. The zero-order valence-corrected chi connectivity index (χ0v) is 20.2. The highest BCUT2D eigenvalue weighted by Gasteiger charge is 2.20. The van der Waals surface area contributed by atoms with Gasteiger partial charge in [0.05, 0.1) is 17.8 Å². The molecular weight excluding hydrogens is 476 g/mol. The van der Waals surface area contributed by atoms with E-state index in [1.807, 2.05) is 13.0 Å². The lowest BCUT2D eigenvalue weighted by Crippen LogP contribution is -2.14. The molecule has 0 aliphatic carbocycles. The molecule has 3 aromatic rings. The Hall–Kier alpha value is -3.80. The molecule has 0 bridgehead atoms. The highest BCUT2D eigenvalue weighted by atomic mass is 35.5. The second-order valence-electron chi connectivity index (χ2n) is 7.32. The quantitative estimate of drug-likeness (QED) is 0.271. The molecule has 0 unspecified atom stereocenters. The first kappa shape index (κ1) is 24.8. The SMILES string of the molecule is COc1cc(/C=C(\C#N)C(=O)Nc2c(C)cccc2Cl)ccc1OS(=O)(=O)c1ccc(C)cc1. The fourth-order valence-corrected chi connectivity index (χ4v) is 4.21. The number of nitrogens with zero attached hydrogens (tertiary/aromatic N) is 1. The summed E-state index contributed by atoms with van der Waals surface area (Å²) in [5.74, 6) is -0.557. The Balaban J connectivity index is 1.87. The van der Waals surface area contributed by atoms with Crippen molar-refractivity contribution in [1.82, 2.24) is 0 Å². The first-order chi connectivity index (χ1) is 16.1. The number of halogens is 1. The summed E-state index contributed by atoms with van der Waals surface area (Å²) in [4.78, 5) is 12.6. The molecule has 0 atom stereocenters. The molecule has 0 heterocycles. The van der Waals surface area contributed by atoms with E-state index in [2.05, 4.69) is 5.32 Å². The molecule has 0 saturated carbocycles. The van der Waals surface area contributed by atoms with Gasteiger partial charge in [-0.05, 0) is 61.4 Å².